The molecule has 0 saturated heterocycles. The van der Waals surface area contributed by atoms with Crippen molar-refractivity contribution in [2.45, 2.75) is 13.8 Å². The predicted molar refractivity (Wildman–Crippen MR) is 87.7 cm³/mol. The standard InChI is InChI=1S/C17H17AsN2O/c1-12-3-4-13(2)20(12)17-11-16(9-10-19-17)21-15-7-5-14(18)6-8-15/h3-11H,18H2,1-2H3. The Morgan fingerprint density at radius 3 is 2.24 bits per heavy atom. The zero-order chi connectivity index (χ0) is 14.8. The van der Waals surface area contributed by atoms with Crippen molar-refractivity contribution in [3.63, 3.8) is 0 Å². The van der Waals surface area contributed by atoms with E-state index >= 15 is 0 Å². The first-order valence-electron chi connectivity index (χ1n) is 6.78. The van der Waals surface area contributed by atoms with Crippen LogP contribution in [0.25, 0.3) is 5.82 Å². The zero-order valence-electron chi connectivity index (χ0n) is 12.1. The molecule has 2 heterocycles. The van der Waals surface area contributed by atoms with E-state index in [0.29, 0.717) is 0 Å². The van der Waals surface area contributed by atoms with Crippen molar-refractivity contribution in [2.75, 3.05) is 0 Å². The van der Waals surface area contributed by atoms with Gasteiger partial charge in [0.15, 0.2) is 0 Å². The van der Waals surface area contributed by atoms with Gasteiger partial charge in [0, 0.05) is 0 Å². The molecule has 0 aliphatic rings. The number of hydrogen-bond acceptors (Lipinski definition) is 2. The molecule has 1 atom stereocenters. The molecule has 0 spiro atoms. The Morgan fingerprint density at radius 2 is 1.57 bits per heavy atom. The Hall–Kier alpha value is -1.99. The molecule has 1 unspecified atom stereocenters. The molecule has 4 heteroatoms. The average Bonchev–Trinajstić information content (AvgIpc) is 2.81. The predicted octanol–water partition coefficient (Wildman–Crippen LogP) is 2.54. The normalized spacial score (nSPS) is 10.6. The molecular weight excluding hydrogens is 323 g/mol. The van der Waals surface area contributed by atoms with Gasteiger partial charge >= 0.3 is 133 Å². The van der Waals surface area contributed by atoms with Crippen molar-refractivity contribution < 1.29 is 4.74 Å². The van der Waals surface area contributed by atoms with E-state index in [1.807, 2.05) is 24.3 Å². The second-order valence-corrected chi connectivity index (χ2v) is 6.37. The summed E-state index contributed by atoms with van der Waals surface area (Å²) in [6.45, 7) is 4.15. The third kappa shape index (κ3) is 3.03. The average molecular weight is 340 g/mol. The fourth-order valence-corrected chi connectivity index (χ4v) is 2.69. The van der Waals surface area contributed by atoms with Crippen LogP contribution in [0, 0.1) is 13.8 Å². The third-order valence-electron chi connectivity index (χ3n) is 3.33. The third-order valence-corrected chi connectivity index (χ3v) is 4.14. The summed E-state index contributed by atoms with van der Waals surface area (Å²) in [5.74, 6) is 2.51. The molecular formula is C17H17AsN2O. The van der Waals surface area contributed by atoms with Crippen molar-refractivity contribution in [1.82, 2.24) is 9.55 Å². The molecule has 106 valence electrons. The van der Waals surface area contributed by atoms with Crippen LogP contribution in [0.15, 0.2) is 54.7 Å². The first kappa shape index (κ1) is 14.0. The van der Waals surface area contributed by atoms with Crippen LogP contribution in [-0.4, -0.2) is 26.4 Å². The molecule has 1 aromatic carbocycles. The zero-order valence-corrected chi connectivity index (χ0v) is 14.5. The van der Waals surface area contributed by atoms with Gasteiger partial charge in [-0.25, -0.2) is 0 Å². The number of ether oxygens (including phenoxy) is 1. The van der Waals surface area contributed by atoms with Crippen molar-refractivity contribution in [3.05, 3.63) is 66.1 Å². The van der Waals surface area contributed by atoms with Crippen molar-refractivity contribution in [1.29, 1.82) is 0 Å². The van der Waals surface area contributed by atoms with Gasteiger partial charge in [0.25, 0.3) is 0 Å². The van der Waals surface area contributed by atoms with Crippen molar-refractivity contribution >= 4 is 21.2 Å². The van der Waals surface area contributed by atoms with E-state index in [9.17, 15) is 0 Å². The van der Waals surface area contributed by atoms with Crippen LogP contribution in [0.3, 0.4) is 0 Å². The molecule has 0 fully saturated rings. The van der Waals surface area contributed by atoms with Gasteiger partial charge in [-0.1, -0.05) is 0 Å². The van der Waals surface area contributed by atoms with Crippen molar-refractivity contribution in [3.8, 4) is 17.3 Å². The van der Waals surface area contributed by atoms with E-state index in [-0.39, 0.29) is 0 Å². The first-order valence-corrected chi connectivity index (χ1v) is 7.99. The number of hydrogen-bond donors (Lipinski definition) is 0. The summed E-state index contributed by atoms with van der Waals surface area (Å²) in [7, 11) is 0. The quantitative estimate of drug-likeness (QED) is 0.685. The molecule has 3 aromatic rings. The van der Waals surface area contributed by atoms with Gasteiger partial charge in [-0.3, -0.25) is 0 Å². The van der Waals surface area contributed by atoms with Gasteiger partial charge < -0.3 is 0 Å². The Morgan fingerprint density at radius 1 is 0.905 bits per heavy atom. The van der Waals surface area contributed by atoms with Crippen LogP contribution in [-0.2, 0) is 0 Å². The van der Waals surface area contributed by atoms with Crippen LogP contribution in [0.5, 0.6) is 11.5 Å². The van der Waals surface area contributed by atoms with E-state index in [1.54, 1.807) is 23.0 Å². The number of aryl methyl sites for hydroxylation is 2. The number of benzene rings is 1. The van der Waals surface area contributed by atoms with Crippen LogP contribution in [0.4, 0.5) is 0 Å². The molecule has 2 aromatic heterocycles. The Balaban J connectivity index is 1.92. The van der Waals surface area contributed by atoms with Gasteiger partial charge in [0.2, 0.25) is 0 Å². The molecule has 0 radical (unpaired) electrons. The molecule has 3 nitrogen and oxygen atoms in total. The molecule has 0 aliphatic carbocycles. The maximum absolute atomic E-state index is 5.91. The fourth-order valence-electron chi connectivity index (χ4n) is 2.29. The summed E-state index contributed by atoms with van der Waals surface area (Å²) < 4.78 is 9.30. The monoisotopic (exact) mass is 340 g/mol. The molecule has 0 bridgehead atoms. The molecule has 0 amide bonds. The maximum atomic E-state index is 5.91. The van der Waals surface area contributed by atoms with Crippen molar-refractivity contribution in [2.24, 2.45) is 0 Å². The van der Waals surface area contributed by atoms with Crippen LogP contribution < -0.4 is 9.09 Å². The van der Waals surface area contributed by atoms with Crippen LogP contribution >= 0.6 is 0 Å². The van der Waals surface area contributed by atoms with Gasteiger partial charge in [-0.05, 0) is 0 Å². The second kappa shape index (κ2) is 5.79. The number of nitrogens with zero attached hydrogens (tertiary/aromatic N) is 2. The first-order chi connectivity index (χ1) is 10.1. The minimum absolute atomic E-state index is 0.793. The topological polar surface area (TPSA) is 27.1 Å². The van der Waals surface area contributed by atoms with Gasteiger partial charge in [-0.2, -0.15) is 0 Å². The molecule has 3 rings (SSSR count). The number of aromatic nitrogens is 2. The fraction of sp³-hybridized carbons (Fsp3) is 0.118. The Labute approximate surface area is 133 Å². The van der Waals surface area contributed by atoms with E-state index < -0.39 is 0 Å². The summed E-state index contributed by atoms with van der Waals surface area (Å²) in [5.41, 5.74) is 2.32. The summed E-state index contributed by atoms with van der Waals surface area (Å²) >= 11 is 1.61. The Bertz CT molecular complexity index is 743. The van der Waals surface area contributed by atoms with Crippen LogP contribution in [0.1, 0.15) is 11.4 Å². The Kier molecular flexibility index (Phi) is 3.85. The van der Waals surface area contributed by atoms with E-state index in [4.69, 9.17) is 4.74 Å². The van der Waals surface area contributed by atoms with E-state index in [0.717, 1.165) is 28.7 Å². The van der Waals surface area contributed by atoms with Gasteiger partial charge in [-0.15, -0.1) is 0 Å². The summed E-state index contributed by atoms with van der Waals surface area (Å²) in [6.07, 6.45) is 1.78. The molecule has 0 N–H and O–H groups in total. The van der Waals surface area contributed by atoms with Gasteiger partial charge in [0.05, 0.1) is 0 Å². The summed E-state index contributed by atoms with van der Waals surface area (Å²) in [5, 5.41) is 0. The van der Waals surface area contributed by atoms with E-state index in [2.05, 4.69) is 47.7 Å². The van der Waals surface area contributed by atoms with Crippen LogP contribution in [0.2, 0.25) is 0 Å². The molecule has 21 heavy (non-hydrogen) atoms. The molecule has 0 saturated carbocycles. The summed E-state index contributed by atoms with van der Waals surface area (Å²) in [6, 6.07) is 16.1. The molecule has 0 aliphatic heterocycles. The number of rotatable bonds is 3. The second-order valence-electron chi connectivity index (χ2n) is 4.97. The van der Waals surface area contributed by atoms with Gasteiger partial charge in [0.1, 0.15) is 0 Å². The van der Waals surface area contributed by atoms with E-state index in [1.165, 1.54) is 4.35 Å². The minimum atomic E-state index is 0.793. The number of pyridine rings is 1. The summed E-state index contributed by atoms with van der Waals surface area (Å²) in [4.78, 5) is 4.44. The SMILES string of the molecule is Cc1ccc(C)n1-c1cc(Oc2ccc([AsH2])cc2)ccn1.